The van der Waals surface area contributed by atoms with Crippen molar-refractivity contribution in [2.45, 2.75) is 44.7 Å². The highest BCUT2D eigenvalue weighted by Crippen LogP contribution is 2.30. The van der Waals surface area contributed by atoms with Gasteiger partial charge in [0.25, 0.3) is 5.91 Å². The lowest BCUT2D eigenvalue weighted by atomic mass is 10.1. The molecule has 1 aromatic heterocycles. The van der Waals surface area contributed by atoms with Crippen LogP contribution in [0.1, 0.15) is 49.0 Å². The molecule has 0 saturated heterocycles. The van der Waals surface area contributed by atoms with E-state index in [-0.39, 0.29) is 11.7 Å². The summed E-state index contributed by atoms with van der Waals surface area (Å²) in [6.07, 6.45) is 4.23. The Morgan fingerprint density at radius 3 is 2.70 bits per heavy atom. The van der Waals surface area contributed by atoms with Crippen molar-refractivity contribution in [1.29, 1.82) is 0 Å². The second kappa shape index (κ2) is 5.91. The molecule has 7 nitrogen and oxygen atoms in total. The lowest BCUT2D eigenvalue weighted by Gasteiger charge is -2.12. The Morgan fingerprint density at radius 1 is 1.35 bits per heavy atom. The fourth-order valence-electron chi connectivity index (χ4n) is 3.14. The predicted octanol–water partition coefficient (Wildman–Crippen LogP) is 1.65. The molecule has 0 aliphatic heterocycles. The molecule has 0 radical (unpaired) electrons. The van der Waals surface area contributed by atoms with E-state index in [1.807, 2.05) is 0 Å². The molecule has 2 aromatic rings. The Balaban J connectivity index is 1.92. The summed E-state index contributed by atoms with van der Waals surface area (Å²) >= 11 is 0. The van der Waals surface area contributed by atoms with Gasteiger partial charge in [0.2, 0.25) is 0 Å². The van der Waals surface area contributed by atoms with Crippen molar-refractivity contribution in [3.05, 3.63) is 34.2 Å². The average molecular weight is 317 g/mol. The van der Waals surface area contributed by atoms with Crippen LogP contribution < -0.4 is 11.0 Å². The highest BCUT2D eigenvalue weighted by molar-refractivity contribution is 5.99. The summed E-state index contributed by atoms with van der Waals surface area (Å²) in [5.74, 6) is -1.57. The lowest BCUT2D eigenvalue weighted by Crippen LogP contribution is -2.38. The van der Waals surface area contributed by atoms with Crippen LogP contribution in [0.4, 0.5) is 0 Å². The molecular weight excluding hydrogens is 298 g/mol. The van der Waals surface area contributed by atoms with Crippen molar-refractivity contribution >= 4 is 22.9 Å². The van der Waals surface area contributed by atoms with Gasteiger partial charge in [-0.25, -0.2) is 4.79 Å². The van der Waals surface area contributed by atoms with Crippen LogP contribution >= 0.6 is 0 Å². The van der Waals surface area contributed by atoms with Crippen LogP contribution in [0.5, 0.6) is 0 Å². The molecule has 1 aromatic carbocycles. The molecule has 1 aliphatic rings. The van der Waals surface area contributed by atoms with Gasteiger partial charge >= 0.3 is 11.7 Å². The molecule has 1 heterocycles. The zero-order valence-electron chi connectivity index (χ0n) is 12.8. The number of rotatable bonds is 4. The molecule has 23 heavy (non-hydrogen) atoms. The van der Waals surface area contributed by atoms with Gasteiger partial charge in [0.05, 0.1) is 11.0 Å². The SMILES string of the molecule is C[C@H](NC(=O)c1ccc2c(c1)[nH]c(=O)n2C1CCCC1)C(=O)O. The maximum atomic E-state index is 12.2. The summed E-state index contributed by atoms with van der Waals surface area (Å²) in [6.45, 7) is 1.40. The number of fused-ring (bicyclic) bond motifs is 1. The Labute approximate surface area is 132 Å². The standard InChI is InChI=1S/C16H19N3O4/c1-9(15(21)22)17-14(20)10-6-7-13-12(8-10)18-16(23)19(13)11-4-2-3-5-11/h6-9,11H,2-5H2,1H3,(H,17,20)(H,18,23)(H,21,22)/t9-/m0/s1. The third-order valence-electron chi connectivity index (χ3n) is 4.39. The van der Waals surface area contributed by atoms with Gasteiger partial charge in [0, 0.05) is 11.6 Å². The number of aromatic nitrogens is 2. The smallest absolute Gasteiger partial charge is 0.326 e. The lowest BCUT2D eigenvalue weighted by molar-refractivity contribution is -0.138. The van der Waals surface area contributed by atoms with Crippen molar-refractivity contribution in [2.75, 3.05) is 0 Å². The minimum atomic E-state index is -1.10. The summed E-state index contributed by atoms with van der Waals surface area (Å²) in [5.41, 5.74) is 1.54. The normalized spacial score (nSPS) is 16.6. The minimum Gasteiger partial charge on any atom is -0.480 e. The number of carboxylic acid groups (broad SMARTS) is 1. The van der Waals surface area contributed by atoms with E-state index in [0.717, 1.165) is 31.2 Å². The minimum absolute atomic E-state index is 0.164. The molecule has 1 aliphatic carbocycles. The predicted molar refractivity (Wildman–Crippen MR) is 84.6 cm³/mol. The number of nitrogens with zero attached hydrogens (tertiary/aromatic N) is 1. The van der Waals surface area contributed by atoms with Crippen LogP contribution in [0.25, 0.3) is 11.0 Å². The molecule has 3 N–H and O–H groups in total. The molecule has 1 atom stereocenters. The Morgan fingerprint density at radius 2 is 2.04 bits per heavy atom. The van der Waals surface area contributed by atoms with E-state index in [9.17, 15) is 14.4 Å². The van der Waals surface area contributed by atoms with Gasteiger partial charge in [0.1, 0.15) is 6.04 Å². The number of carboxylic acids is 1. The molecule has 1 fully saturated rings. The van der Waals surface area contributed by atoms with Gasteiger partial charge in [-0.05, 0) is 38.0 Å². The number of hydrogen-bond donors (Lipinski definition) is 3. The number of hydrogen-bond acceptors (Lipinski definition) is 3. The highest BCUT2D eigenvalue weighted by atomic mass is 16.4. The zero-order chi connectivity index (χ0) is 16.6. The fourth-order valence-corrected chi connectivity index (χ4v) is 3.14. The molecule has 7 heteroatoms. The van der Waals surface area contributed by atoms with Gasteiger partial charge in [-0.15, -0.1) is 0 Å². The third-order valence-corrected chi connectivity index (χ3v) is 4.39. The van der Waals surface area contributed by atoms with Crippen LogP contribution in [0.15, 0.2) is 23.0 Å². The molecule has 0 spiro atoms. The van der Waals surface area contributed by atoms with Gasteiger partial charge in [-0.2, -0.15) is 0 Å². The molecule has 122 valence electrons. The topological polar surface area (TPSA) is 104 Å². The molecule has 0 unspecified atom stereocenters. The number of amides is 1. The van der Waals surface area contributed by atoms with Crippen LogP contribution in [-0.4, -0.2) is 32.6 Å². The maximum Gasteiger partial charge on any atom is 0.326 e. The molecule has 0 bridgehead atoms. The van der Waals surface area contributed by atoms with Crippen LogP contribution in [-0.2, 0) is 4.79 Å². The number of H-pyrrole nitrogens is 1. The van der Waals surface area contributed by atoms with E-state index in [2.05, 4.69) is 10.3 Å². The second-order valence-corrected chi connectivity index (χ2v) is 6.00. The van der Waals surface area contributed by atoms with Gasteiger partial charge in [0.15, 0.2) is 0 Å². The summed E-state index contributed by atoms with van der Waals surface area (Å²) in [7, 11) is 0. The number of aromatic amines is 1. The Bertz CT molecular complexity index is 814. The first kappa shape index (κ1) is 15.3. The zero-order valence-corrected chi connectivity index (χ0v) is 12.8. The first-order chi connectivity index (χ1) is 11.0. The van der Waals surface area contributed by atoms with Crippen molar-refractivity contribution in [3.63, 3.8) is 0 Å². The largest absolute Gasteiger partial charge is 0.480 e. The van der Waals surface area contributed by atoms with Crippen LogP contribution in [0, 0.1) is 0 Å². The van der Waals surface area contributed by atoms with Gasteiger partial charge in [-0.1, -0.05) is 12.8 Å². The van der Waals surface area contributed by atoms with E-state index in [1.54, 1.807) is 22.8 Å². The van der Waals surface area contributed by atoms with Crippen LogP contribution in [0.2, 0.25) is 0 Å². The van der Waals surface area contributed by atoms with Gasteiger partial charge < -0.3 is 15.4 Å². The number of carbonyl (C=O) groups is 2. The van der Waals surface area contributed by atoms with E-state index in [1.165, 1.54) is 6.92 Å². The summed E-state index contributed by atoms with van der Waals surface area (Å²) in [6, 6.07) is 4.19. The number of carbonyl (C=O) groups excluding carboxylic acids is 1. The van der Waals surface area contributed by atoms with Crippen molar-refractivity contribution < 1.29 is 14.7 Å². The van der Waals surface area contributed by atoms with E-state index < -0.39 is 17.9 Å². The van der Waals surface area contributed by atoms with Crippen molar-refractivity contribution in [1.82, 2.24) is 14.9 Å². The summed E-state index contributed by atoms with van der Waals surface area (Å²) < 4.78 is 1.77. The first-order valence-corrected chi connectivity index (χ1v) is 7.75. The number of imidazole rings is 1. The third kappa shape index (κ3) is 2.86. The molecule has 1 amide bonds. The number of nitrogens with one attached hydrogen (secondary N) is 2. The Hall–Kier alpha value is -2.57. The van der Waals surface area contributed by atoms with Crippen LogP contribution in [0.3, 0.4) is 0 Å². The van der Waals surface area contributed by atoms with Gasteiger partial charge in [-0.3, -0.25) is 14.2 Å². The van der Waals surface area contributed by atoms with E-state index in [4.69, 9.17) is 5.11 Å². The van der Waals surface area contributed by atoms with E-state index in [0.29, 0.717) is 11.1 Å². The first-order valence-electron chi connectivity index (χ1n) is 7.75. The highest BCUT2D eigenvalue weighted by Gasteiger charge is 2.22. The average Bonchev–Trinajstić information content (AvgIpc) is 3.12. The summed E-state index contributed by atoms with van der Waals surface area (Å²) in [4.78, 5) is 37.9. The quantitative estimate of drug-likeness (QED) is 0.797. The fraction of sp³-hybridized carbons (Fsp3) is 0.438. The number of benzene rings is 1. The van der Waals surface area contributed by atoms with E-state index >= 15 is 0 Å². The molecular formula is C16H19N3O4. The van der Waals surface area contributed by atoms with Crippen molar-refractivity contribution in [2.24, 2.45) is 0 Å². The molecule has 1 saturated carbocycles. The monoisotopic (exact) mass is 317 g/mol. The Kier molecular flexibility index (Phi) is 3.94. The maximum absolute atomic E-state index is 12.2. The number of aliphatic carboxylic acids is 1. The second-order valence-electron chi connectivity index (χ2n) is 6.00. The van der Waals surface area contributed by atoms with Crippen molar-refractivity contribution in [3.8, 4) is 0 Å². The molecule has 3 rings (SSSR count). The summed E-state index contributed by atoms with van der Waals surface area (Å²) in [5, 5.41) is 11.2.